The van der Waals surface area contributed by atoms with E-state index in [0.717, 1.165) is 46.3 Å². The van der Waals surface area contributed by atoms with E-state index in [1.165, 1.54) is 12.0 Å². The fourth-order valence-electron chi connectivity index (χ4n) is 3.84. The van der Waals surface area contributed by atoms with Crippen molar-refractivity contribution in [3.63, 3.8) is 0 Å². The third kappa shape index (κ3) is 2.36. The predicted octanol–water partition coefficient (Wildman–Crippen LogP) is 5.50. The van der Waals surface area contributed by atoms with Gasteiger partial charge in [-0.05, 0) is 36.5 Å². The van der Waals surface area contributed by atoms with Gasteiger partial charge in [0.15, 0.2) is 0 Å². The molecular formula is C23H20N2O. The number of benzene rings is 2. The van der Waals surface area contributed by atoms with Crippen molar-refractivity contribution in [3.05, 3.63) is 78.6 Å². The largest absolute Gasteiger partial charge is 0.455 e. The number of fused-ring (bicyclic) bond motifs is 1. The van der Waals surface area contributed by atoms with Gasteiger partial charge in [-0.15, -0.1) is 0 Å². The third-order valence-electron chi connectivity index (χ3n) is 5.52. The van der Waals surface area contributed by atoms with Gasteiger partial charge in [-0.3, -0.25) is 4.98 Å². The Labute approximate surface area is 152 Å². The molecule has 2 heterocycles. The Balaban J connectivity index is 1.67. The van der Waals surface area contributed by atoms with Crippen molar-refractivity contribution < 1.29 is 4.42 Å². The number of hydrogen-bond acceptors (Lipinski definition) is 3. The molecule has 2 N–H and O–H groups in total. The van der Waals surface area contributed by atoms with Crippen LogP contribution in [0, 0.1) is 0 Å². The Morgan fingerprint density at radius 2 is 1.65 bits per heavy atom. The van der Waals surface area contributed by atoms with E-state index in [4.69, 9.17) is 10.2 Å². The average molecular weight is 340 g/mol. The lowest BCUT2D eigenvalue weighted by atomic mass is 9.72. The molecule has 1 fully saturated rings. The highest BCUT2D eigenvalue weighted by Gasteiger charge is 2.34. The van der Waals surface area contributed by atoms with E-state index in [0.29, 0.717) is 0 Å². The highest BCUT2D eigenvalue weighted by Crippen LogP contribution is 2.42. The molecule has 1 aliphatic rings. The van der Waals surface area contributed by atoms with Crippen LogP contribution in [0.2, 0.25) is 0 Å². The first-order valence-corrected chi connectivity index (χ1v) is 9.06. The molecular weight excluding hydrogens is 320 g/mol. The van der Waals surface area contributed by atoms with E-state index in [-0.39, 0.29) is 5.54 Å². The van der Waals surface area contributed by atoms with Crippen molar-refractivity contribution in [1.29, 1.82) is 0 Å². The molecule has 2 aromatic carbocycles. The molecule has 0 unspecified atom stereocenters. The molecule has 3 nitrogen and oxygen atoms in total. The summed E-state index contributed by atoms with van der Waals surface area (Å²) in [4.78, 5) is 4.29. The van der Waals surface area contributed by atoms with Gasteiger partial charge in [-0.1, -0.05) is 54.6 Å². The second kappa shape index (κ2) is 5.82. The van der Waals surface area contributed by atoms with Gasteiger partial charge in [0.2, 0.25) is 0 Å². The molecule has 5 rings (SSSR count). The molecule has 0 atom stereocenters. The zero-order valence-corrected chi connectivity index (χ0v) is 14.5. The first kappa shape index (κ1) is 15.4. The van der Waals surface area contributed by atoms with Crippen LogP contribution in [0.1, 0.15) is 24.8 Å². The third-order valence-corrected chi connectivity index (χ3v) is 5.52. The second-order valence-electron chi connectivity index (χ2n) is 7.13. The lowest BCUT2D eigenvalue weighted by Gasteiger charge is -2.38. The van der Waals surface area contributed by atoms with E-state index in [2.05, 4.69) is 41.4 Å². The maximum atomic E-state index is 6.46. The van der Waals surface area contributed by atoms with Crippen LogP contribution in [-0.4, -0.2) is 4.98 Å². The van der Waals surface area contributed by atoms with Crippen LogP contribution in [0.25, 0.3) is 33.4 Å². The highest BCUT2D eigenvalue weighted by molar-refractivity contribution is 6.01. The summed E-state index contributed by atoms with van der Waals surface area (Å²) in [6.45, 7) is 0. The number of nitrogens with zero attached hydrogens (tertiary/aromatic N) is 1. The summed E-state index contributed by atoms with van der Waals surface area (Å²) in [5.41, 5.74) is 11.7. The van der Waals surface area contributed by atoms with Crippen LogP contribution in [0.5, 0.6) is 0 Å². The smallest absolute Gasteiger partial charge is 0.143 e. The van der Waals surface area contributed by atoms with Gasteiger partial charge in [-0.2, -0.15) is 0 Å². The summed E-state index contributed by atoms with van der Waals surface area (Å²) in [7, 11) is 0. The fourth-order valence-corrected chi connectivity index (χ4v) is 3.84. The minimum Gasteiger partial charge on any atom is -0.455 e. The first-order chi connectivity index (χ1) is 12.7. The van der Waals surface area contributed by atoms with Crippen molar-refractivity contribution in [2.45, 2.75) is 24.8 Å². The van der Waals surface area contributed by atoms with Crippen LogP contribution in [-0.2, 0) is 5.54 Å². The fraction of sp³-hybridized carbons (Fsp3) is 0.174. The van der Waals surface area contributed by atoms with Crippen molar-refractivity contribution in [3.8, 4) is 22.5 Å². The Morgan fingerprint density at radius 1 is 0.885 bits per heavy atom. The lowest BCUT2D eigenvalue weighted by molar-refractivity contribution is 0.253. The van der Waals surface area contributed by atoms with Crippen LogP contribution in [0.15, 0.2) is 77.5 Å². The molecule has 0 saturated heterocycles. The summed E-state index contributed by atoms with van der Waals surface area (Å²) < 4.78 is 6.23. The molecule has 26 heavy (non-hydrogen) atoms. The normalized spacial score (nSPS) is 15.7. The van der Waals surface area contributed by atoms with Crippen molar-refractivity contribution in [2.24, 2.45) is 5.73 Å². The minimum atomic E-state index is -0.140. The zero-order valence-electron chi connectivity index (χ0n) is 14.5. The minimum absolute atomic E-state index is 0.140. The Bertz CT molecular complexity index is 1060. The van der Waals surface area contributed by atoms with Gasteiger partial charge in [0, 0.05) is 34.4 Å². The van der Waals surface area contributed by atoms with E-state index >= 15 is 0 Å². The van der Waals surface area contributed by atoms with Gasteiger partial charge in [0.25, 0.3) is 0 Å². The van der Waals surface area contributed by atoms with Crippen molar-refractivity contribution in [2.75, 3.05) is 0 Å². The van der Waals surface area contributed by atoms with Crippen LogP contribution in [0.3, 0.4) is 0 Å². The monoisotopic (exact) mass is 340 g/mol. The topological polar surface area (TPSA) is 52.0 Å². The van der Waals surface area contributed by atoms with Crippen LogP contribution in [0.4, 0.5) is 0 Å². The first-order valence-electron chi connectivity index (χ1n) is 9.06. The number of furan rings is 1. The molecule has 3 heteroatoms. The standard InChI is InChI=1S/C23H20N2O/c24-23(12-4-13-23)18-9-7-17(8-10-18)22-21(16-5-2-1-3-6-16)19-15-25-14-11-20(19)26-22/h1-3,5-11,14-15H,4,12-13,24H2. The molecule has 1 saturated carbocycles. The summed E-state index contributed by atoms with van der Waals surface area (Å²) in [6.07, 6.45) is 6.99. The Morgan fingerprint density at radius 3 is 2.35 bits per heavy atom. The van der Waals surface area contributed by atoms with E-state index < -0.39 is 0 Å². The number of nitrogens with two attached hydrogens (primary N) is 1. The average Bonchev–Trinajstić information content (AvgIpc) is 3.06. The predicted molar refractivity (Wildman–Crippen MR) is 105 cm³/mol. The van der Waals surface area contributed by atoms with E-state index in [1.807, 2.05) is 30.5 Å². The molecule has 0 amide bonds. The quantitative estimate of drug-likeness (QED) is 0.536. The molecule has 128 valence electrons. The van der Waals surface area contributed by atoms with Gasteiger partial charge in [-0.25, -0.2) is 0 Å². The molecule has 0 aliphatic heterocycles. The second-order valence-corrected chi connectivity index (χ2v) is 7.13. The lowest BCUT2D eigenvalue weighted by Crippen LogP contribution is -2.43. The maximum absolute atomic E-state index is 6.46. The summed E-state index contributed by atoms with van der Waals surface area (Å²) >= 11 is 0. The summed E-state index contributed by atoms with van der Waals surface area (Å²) in [6, 6.07) is 20.8. The van der Waals surface area contributed by atoms with Crippen LogP contribution >= 0.6 is 0 Å². The maximum Gasteiger partial charge on any atom is 0.143 e. The molecule has 4 aromatic rings. The molecule has 1 aliphatic carbocycles. The number of hydrogen-bond donors (Lipinski definition) is 1. The summed E-state index contributed by atoms with van der Waals surface area (Å²) in [5, 5.41) is 1.03. The van der Waals surface area contributed by atoms with E-state index in [9.17, 15) is 0 Å². The summed E-state index contributed by atoms with van der Waals surface area (Å²) in [5.74, 6) is 0.880. The Kier molecular flexibility index (Phi) is 3.44. The molecule has 0 spiro atoms. The van der Waals surface area contributed by atoms with Gasteiger partial charge < -0.3 is 10.2 Å². The Hall–Kier alpha value is -2.91. The van der Waals surface area contributed by atoms with Gasteiger partial charge in [0.05, 0.1) is 0 Å². The SMILES string of the molecule is NC1(c2ccc(-c3oc4ccncc4c3-c3ccccc3)cc2)CCC1. The van der Waals surface area contributed by atoms with Crippen molar-refractivity contribution >= 4 is 11.0 Å². The highest BCUT2D eigenvalue weighted by atomic mass is 16.3. The van der Waals surface area contributed by atoms with Gasteiger partial charge >= 0.3 is 0 Å². The number of pyridine rings is 1. The van der Waals surface area contributed by atoms with E-state index in [1.54, 1.807) is 6.20 Å². The number of aromatic nitrogens is 1. The molecule has 2 aromatic heterocycles. The number of rotatable bonds is 3. The zero-order chi connectivity index (χ0) is 17.6. The molecule has 0 radical (unpaired) electrons. The molecule has 0 bridgehead atoms. The van der Waals surface area contributed by atoms with Crippen LogP contribution < -0.4 is 5.73 Å². The van der Waals surface area contributed by atoms with Gasteiger partial charge in [0.1, 0.15) is 11.3 Å². The van der Waals surface area contributed by atoms with Crippen molar-refractivity contribution in [1.82, 2.24) is 4.98 Å².